The lowest BCUT2D eigenvalue weighted by Gasteiger charge is -2.34. The van der Waals surface area contributed by atoms with E-state index in [1.165, 1.54) is 16.8 Å². The Hall–Kier alpha value is -0.730. The second kappa shape index (κ2) is 8.44. The average molecular weight is 284 g/mol. The number of aryl methyl sites for hydroxylation is 1. The molecule has 0 heterocycles. The van der Waals surface area contributed by atoms with Crippen molar-refractivity contribution >= 4 is 17.3 Å². The molecule has 0 fully saturated rings. The van der Waals surface area contributed by atoms with Crippen molar-refractivity contribution in [2.45, 2.75) is 45.5 Å². The van der Waals surface area contributed by atoms with Gasteiger partial charge in [-0.1, -0.05) is 26.0 Å². The first-order chi connectivity index (χ1) is 9.17. The molecule has 0 amide bonds. The maximum Gasteiger partial charge on any atom is 0.0637 e. The number of halogens is 1. The Balaban J connectivity index is 3.01. The predicted molar refractivity (Wildman–Crippen MR) is 84.3 cm³/mol. The van der Waals surface area contributed by atoms with Crippen molar-refractivity contribution in [2.24, 2.45) is 0 Å². The highest BCUT2D eigenvalue weighted by molar-refractivity contribution is 6.17. The molecule has 0 aliphatic heterocycles. The molecule has 0 bridgehead atoms. The Morgan fingerprint density at radius 3 is 2.42 bits per heavy atom. The Morgan fingerprint density at radius 1 is 1.26 bits per heavy atom. The van der Waals surface area contributed by atoms with E-state index >= 15 is 0 Å². The van der Waals surface area contributed by atoms with Gasteiger partial charge in [-0.3, -0.25) is 0 Å². The quantitative estimate of drug-likeness (QED) is 0.657. The van der Waals surface area contributed by atoms with E-state index in [0.717, 1.165) is 26.0 Å². The van der Waals surface area contributed by atoms with Crippen molar-refractivity contribution in [1.82, 2.24) is 0 Å². The number of alkyl halides is 1. The van der Waals surface area contributed by atoms with Gasteiger partial charge in [-0.25, -0.2) is 0 Å². The normalized spacial score (nSPS) is 11.1. The van der Waals surface area contributed by atoms with Crippen molar-refractivity contribution < 1.29 is 4.74 Å². The lowest BCUT2D eigenvalue weighted by Crippen LogP contribution is -2.37. The van der Waals surface area contributed by atoms with Crippen LogP contribution in [0.2, 0.25) is 0 Å². The second-order valence-electron chi connectivity index (χ2n) is 4.91. The van der Waals surface area contributed by atoms with Gasteiger partial charge >= 0.3 is 0 Å². The standard InChI is InChI=1S/C16H26ClNO/c1-5-15(6-2)18(9-10-19-4)16-8-7-14(12-17)11-13(16)3/h7-8,11,15H,5-6,9-10,12H2,1-4H3. The summed E-state index contributed by atoms with van der Waals surface area (Å²) in [5, 5.41) is 0. The molecule has 0 unspecified atom stereocenters. The summed E-state index contributed by atoms with van der Waals surface area (Å²) in [7, 11) is 1.76. The van der Waals surface area contributed by atoms with Gasteiger partial charge < -0.3 is 9.64 Å². The van der Waals surface area contributed by atoms with E-state index in [1.54, 1.807) is 7.11 Å². The summed E-state index contributed by atoms with van der Waals surface area (Å²) < 4.78 is 5.25. The molecule has 2 nitrogen and oxygen atoms in total. The van der Waals surface area contributed by atoms with Crippen LogP contribution in [0, 0.1) is 6.92 Å². The van der Waals surface area contributed by atoms with Crippen LogP contribution in [0.25, 0.3) is 0 Å². The van der Waals surface area contributed by atoms with E-state index < -0.39 is 0 Å². The van der Waals surface area contributed by atoms with E-state index in [2.05, 4.69) is 43.9 Å². The summed E-state index contributed by atoms with van der Waals surface area (Å²) in [5.41, 5.74) is 3.78. The van der Waals surface area contributed by atoms with Gasteiger partial charge in [0.1, 0.15) is 0 Å². The third kappa shape index (κ3) is 4.39. The number of methoxy groups -OCH3 is 1. The minimum absolute atomic E-state index is 0.565. The minimum Gasteiger partial charge on any atom is -0.383 e. The summed E-state index contributed by atoms with van der Waals surface area (Å²) in [6.07, 6.45) is 2.30. The number of hydrogen-bond acceptors (Lipinski definition) is 2. The molecule has 3 heteroatoms. The van der Waals surface area contributed by atoms with Crippen LogP contribution in [0.3, 0.4) is 0 Å². The monoisotopic (exact) mass is 283 g/mol. The largest absolute Gasteiger partial charge is 0.383 e. The van der Waals surface area contributed by atoms with Gasteiger partial charge in [0.2, 0.25) is 0 Å². The molecule has 1 rings (SSSR count). The first-order valence-electron chi connectivity index (χ1n) is 7.08. The van der Waals surface area contributed by atoms with Crippen molar-refractivity contribution in [3.8, 4) is 0 Å². The molecule has 0 atom stereocenters. The Labute approximate surface area is 122 Å². The van der Waals surface area contributed by atoms with E-state index in [4.69, 9.17) is 16.3 Å². The number of nitrogens with zero attached hydrogens (tertiary/aromatic N) is 1. The van der Waals surface area contributed by atoms with Gasteiger partial charge in [0.25, 0.3) is 0 Å². The van der Waals surface area contributed by atoms with Crippen molar-refractivity contribution in [1.29, 1.82) is 0 Å². The zero-order chi connectivity index (χ0) is 14.3. The fraction of sp³-hybridized carbons (Fsp3) is 0.625. The number of ether oxygens (including phenoxy) is 1. The van der Waals surface area contributed by atoms with Crippen LogP contribution in [0.4, 0.5) is 5.69 Å². The molecule has 0 aromatic heterocycles. The Kier molecular flexibility index (Phi) is 7.25. The highest BCUT2D eigenvalue weighted by Gasteiger charge is 2.17. The fourth-order valence-corrected chi connectivity index (χ4v) is 2.71. The smallest absolute Gasteiger partial charge is 0.0637 e. The average Bonchev–Trinajstić information content (AvgIpc) is 2.44. The highest BCUT2D eigenvalue weighted by Crippen LogP contribution is 2.26. The third-order valence-electron chi connectivity index (χ3n) is 3.64. The molecule has 0 radical (unpaired) electrons. The van der Waals surface area contributed by atoms with Crippen molar-refractivity contribution in [2.75, 3.05) is 25.2 Å². The molecule has 0 spiro atoms. The molecule has 0 saturated carbocycles. The van der Waals surface area contributed by atoms with Gasteiger partial charge in [-0.15, -0.1) is 11.6 Å². The van der Waals surface area contributed by atoms with E-state index in [0.29, 0.717) is 11.9 Å². The fourth-order valence-electron chi connectivity index (χ4n) is 2.54. The van der Waals surface area contributed by atoms with Gasteiger partial charge in [0.15, 0.2) is 0 Å². The van der Waals surface area contributed by atoms with E-state index in [1.807, 2.05) is 0 Å². The first kappa shape index (κ1) is 16.3. The minimum atomic E-state index is 0.565. The van der Waals surface area contributed by atoms with Crippen molar-refractivity contribution in [3.05, 3.63) is 29.3 Å². The van der Waals surface area contributed by atoms with Crippen LogP contribution in [0.1, 0.15) is 37.8 Å². The lowest BCUT2D eigenvalue weighted by atomic mass is 10.1. The van der Waals surface area contributed by atoms with Crippen LogP contribution in [-0.2, 0) is 10.6 Å². The number of benzene rings is 1. The van der Waals surface area contributed by atoms with Gasteiger partial charge in [-0.2, -0.15) is 0 Å². The van der Waals surface area contributed by atoms with Gasteiger partial charge in [0, 0.05) is 31.3 Å². The summed E-state index contributed by atoms with van der Waals surface area (Å²) in [5.74, 6) is 0.574. The molecular formula is C16H26ClNO. The topological polar surface area (TPSA) is 12.5 Å². The Bertz CT molecular complexity index is 377. The summed E-state index contributed by atoms with van der Waals surface area (Å²) >= 11 is 5.90. The number of hydrogen-bond donors (Lipinski definition) is 0. The third-order valence-corrected chi connectivity index (χ3v) is 3.95. The highest BCUT2D eigenvalue weighted by atomic mass is 35.5. The summed E-state index contributed by atoms with van der Waals surface area (Å²) in [6, 6.07) is 7.07. The SMILES string of the molecule is CCC(CC)N(CCOC)c1ccc(CCl)cc1C. The molecular weight excluding hydrogens is 258 g/mol. The zero-order valence-electron chi connectivity index (χ0n) is 12.6. The first-order valence-corrected chi connectivity index (χ1v) is 7.62. The molecule has 0 aliphatic rings. The molecule has 1 aromatic carbocycles. The zero-order valence-corrected chi connectivity index (χ0v) is 13.3. The summed E-state index contributed by atoms with van der Waals surface area (Å²) in [6.45, 7) is 8.34. The molecule has 0 aliphatic carbocycles. The molecule has 0 saturated heterocycles. The number of anilines is 1. The van der Waals surface area contributed by atoms with E-state index in [-0.39, 0.29) is 0 Å². The molecule has 108 valence electrons. The van der Waals surface area contributed by atoms with Crippen LogP contribution in [0.15, 0.2) is 18.2 Å². The molecule has 0 N–H and O–H groups in total. The Morgan fingerprint density at radius 2 is 1.95 bits per heavy atom. The molecule has 19 heavy (non-hydrogen) atoms. The van der Waals surface area contributed by atoms with Crippen LogP contribution < -0.4 is 4.90 Å². The maximum absolute atomic E-state index is 5.90. The maximum atomic E-state index is 5.90. The van der Waals surface area contributed by atoms with Crippen molar-refractivity contribution in [3.63, 3.8) is 0 Å². The second-order valence-corrected chi connectivity index (χ2v) is 5.18. The summed E-state index contributed by atoms with van der Waals surface area (Å²) in [4.78, 5) is 2.47. The van der Waals surface area contributed by atoms with E-state index in [9.17, 15) is 0 Å². The van der Waals surface area contributed by atoms with Crippen LogP contribution >= 0.6 is 11.6 Å². The van der Waals surface area contributed by atoms with Crippen LogP contribution in [-0.4, -0.2) is 26.3 Å². The van der Waals surface area contributed by atoms with Crippen LogP contribution in [0.5, 0.6) is 0 Å². The predicted octanol–water partition coefficient (Wildman–Crippen LogP) is 4.38. The van der Waals surface area contributed by atoms with Gasteiger partial charge in [0.05, 0.1) is 6.61 Å². The number of rotatable bonds is 8. The molecule has 1 aromatic rings. The lowest BCUT2D eigenvalue weighted by molar-refractivity contribution is 0.202. The van der Waals surface area contributed by atoms with Gasteiger partial charge in [-0.05, 0) is 37.0 Å².